The first-order valence-corrected chi connectivity index (χ1v) is 4.93. The van der Waals surface area contributed by atoms with Crippen molar-refractivity contribution in [2.24, 2.45) is 0 Å². The van der Waals surface area contributed by atoms with E-state index >= 15 is 0 Å². The van der Waals surface area contributed by atoms with Crippen molar-refractivity contribution in [2.75, 3.05) is 0 Å². The molecular formula is C6H6BrF2NS. The predicted octanol–water partition coefficient (Wildman–Crippen LogP) is 3.15. The average molecular weight is 242 g/mol. The largest absolute Gasteiger partial charge is 0.296 e. The lowest BCUT2D eigenvalue weighted by Crippen LogP contribution is -2.05. The van der Waals surface area contributed by atoms with Gasteiger partial charge in [-0.1, -0.05) is 15.9 Å². The highest BCUT2D eigenvalue weighted by atomic mass is 79.9. The van der Waals surface area contributed by atoms with Crippen molar-refractivity contribution in [2.45, 2.75) is 18.2 Å². The molecule has 1 nitrogen and oxygen atoms in total. The SMILES string of the molecule is CC(F)(F)c1nc(CBr)cs1. The van der Waals surface area contributed by atoms with Gasteiger partial charge in [-0.25, -0.2) is 4.98 Å². The number of hydrogen-bond acceptors (Lipinski definition) is 2. The van der Waals surface area contributed by atoms with Gasteiger partial charge >= 0.3 is 0 Å². The highest BCUT2D eigenvalue weighted by molar-refractivity contribution is 9.08. The molecule has 0 aromatic carbocycles. The molecular weight excluding hydrogens is 236 g/mol. The maximum atomic E-state index is 12.5. The molecule has 0 saturated heterocycles. The molecule has 0 unspecified atom stereocenters. The van der Waals surface area contributed by atoms with E-state index < -0.39 is 5.92 Å². The summed E-state index contributed by atoms with van der Waals surface area (Å²) in [7, 11) is 0. The number of nitrogens with zero attached hydrogens (tertiary/aromatic N) is 1. The molecule has 62 valence electrons. The second-order valence-electron chi connectivity index (χ2n) is 2.17. The molecule has 0 N–H and O–H groups in total. The third-order valence-electron chi connectivity index (χ3n) is 1.06. The fourth-order valence-electron chi connectivity index (χ4n) is 0.570. The number of thiazole rings is 1. The number of rotatable bonds is 2. The zero-order valence-electron chi connectivity index (χ0n) is 5.77. The second-order valence-corrected chi connectivity index (χ2v) is 3.58. The van der Waals surface area contributed by atoms with Crippen LogP contribution in [0, 0.1) is 0 Å². The summed E-state index contributed by atoms with van der Waals surface area (Å²) in [4.78, 5) is 3.72. The first-order chi connectivity index (χ1) is 5.04. The van der Waals surface area contributed by atoms with Crippen LogP contribution in [-0.4, -0.2) is 4.98 Å². The van der Waals surface area contributed by atoms with E-state index in [9.17, 15) is 8.78 Å². The first-order valence-electron chi connectivity index (χ1n) is 2.92. The lowest BCUT2D eigenvalue weighted by atomic mass is 10.4. The molecule has 0 atom stereocenters. The minimum absolute atomic E-state index is 0.119. The minimum atomic E-state index is -2.80. The van der Waals surface area contributed by atoms with Crippen LogP contribution < -0.4 is 0 Å². The molecule has 0 aliphatic rings. The van der Waals surface area contributed by atoms with E-state index in [-0.39, 0.29) is 5.01 Å². The van der Waals surface area contributed by atoms with Crippen molar-refractivity contribution in [3.8, 4) is 0 Å². The van der Waals surface area contributed by atoms with Crippen molar-refractivity contribution >= 4 is 27.3 Å². The number of halogens is 3. The summed E-state index contributed by atoms with van der Waals surface area (Å²) in [5.41, 5.74) is 0.659. The number of aromatic nitrogens is 1. The van der Waals surface area contributed by atoms with E-state index in [1.807, 2.05) is 0 Å². The molecule has 0 amide bonds. The Hall–Kier alpha value is -0.0300. The van der Waals surface area contributed by atoms with Gasteiger partial charge in [-0.15, -0.1) is 11.3 Å². The fraction of sp³-hybridized carbons (Fsp3) is 0.500. The average Bonchev–Trinajstić information content (AvgIpc) is 2.32. The molecule has 0 spiro atoms. The van der Waals surface area contributed by atoms with E-state index in [2.05, 4.69) is 20.9 Å². The highest BCUT2D eigenvalue weighted by Crippen LogP contribution is 2.29. The third-order valence-corrected chi connectivity index (χ3v) is 2.70. The van der Waals surface area contributed by atoms with Crippen molar-refractivity contribution < 1.29 is 8.78 Å². The van der Waals surface area contributed by atoms with Crippen LogP contribution in [0.1, 0.15) is 17.6 Å². The molecule has 0 radical (unpaired) electrons. The summed E-state index contributed by atoms with van der Waals surface area (Å²) in [6.07, 6.45) is 0. The normalized spacial score (nSPS) is 12.0. The van der Waals surface area contributed by atoms with Crippen LogP contribution in [0.25, 0.3) is 0 Å². The molecule has 11 heavy (non-hydrogen) atoms. The standard InChI is InChI=1S/C6H6BrF2NS/c1-6(8,9)5-10-4(2-7)3-11-5/h3H,2H2,1H3. The van der Waals surface area contributed by atoms with Crippen LogP contribution in [0.2, 0.25) is 0 Å². The van der Waals surface area contributed by atoms with Gasteiger partial charge in [0.25, 0.3) is 5.92 Å². The zero-order valence-corrected chi connectivity index (χ0v) is 8.18. The van der Waals surface area contributed by atoms with Crippen molar-refractivity contribution in [3.63, 3.8) is 0 Å². The van der Waals surface area contributed by atoms with Crippen LogP contribution in [0.5, 0.6) is 0 Å². The summed E-state index contributed by atoms with van der Waals surface area (Å²) in [5.74, 6) is -2.80. The van der Waals surface area contributed by atoms with Crippen LogP contribution >= 0.6 is 27.3 Å². The van der Waals surface area contributed by atoms with Crippen LogP contribution in [-0.2, 0) is 11.3 Å². The Kier molecular flexibility index (Phi) is 2.59. The molecule has 1 aromatic heterocycles. The van der Waals surface area contributed by atoms with Crippen LogP contribution in [0.4, 0.5) is 8.78 Å². The quantitative estimate of drug-likeness (QED) is 0.726. The molecule has 0 fully saturated rings. The highest BCUT2D eigenvalue weighted by Gasteiger charge is 2.27. The van der Waals surface area contributed by atoms with Gasteiger partial charge in [0.05, 0.1) is 5.69 Å². The molecule has 0 bridgehead atoms. The third kappa shape index (κ3) is 2.20. The smallest absolute Gasteiger partial charge is 0.239 e. The van der Waals surface area contributed by atoms with E-state index in [0.717, 1.165) is 18.3 Å². The molecule has 0 aliphatic heterocycles. The monoisotopic (exact) mass is 241 g/mol. The summed E-state index contributed by atoms with van der Waals surface area (Å²) in [6.45, 7) is 0.851. The Labute approximate surface area is 75.6 Å². The zero-order chi connectivity index (χ0) is 8.48. The molecule has 1 aromatic rings. The molecule has 0 saturated carbocycles. The van der Waals surface area contributed by atoms with E-state index in [0.29, 0.717) is 11.0 Å². The van der Waals surface area contributed by atoms with Crippen molar-refractivity contribution in [1.29, 1.82) is 0 Å². The Morgan fingerprint density at radius 3 is 2.64 bits per heavy atom. The van der Waals surface area contributed by atoms with Gasteiger partial charge in [-0.3, -0.25) is 0 Å². The minimum Gasteiger partial charge on any atom is -0.239 e. The Morgan fingerprint density at radius 1 is 1.73 bits per heavy atom. The summed E-state index contributed by atoms with van der Waals surface area (Å²) >= 11 is 4.13. The van der Waals surface area contributed by atoms with Gasteiger partial charge in [-0.05, 0) is 0 Å². The second kappa shape index (κ2) is 3.15. The Morgan fingerprint density at radius 2 is 2.36 bits per heavy atom. The van der Waals surface area contributed by atoms with Gasteiger partial charge in [0.15, 0.2) is 5.01 Å². The van der Waals surface area contributed by atoms with Gasteiger partial charge in [0, 0.05) is 17.6 Å². The van der Waals surface area contributed by atoms with Crippen LogP contribution in [0.15, 0.2) is 5.38 Å². The lowest BCUT2D eigenvalue weighted by Gasteiger charge is -2.03. The maximum Gasteiger partial charge on any atom is 0.296 e. The van der Waals surface area contributed by atoms with Crippen molar-refractivity contribution in [1.82, 2.24) is 4.98 Å². The van der Waals surface area contributed by atoms with Gasteiger partial charge < -0.3 is 0 Å². The summed E-state index contributed by atoms with van der Waals surface area (Å²) < 4.78 is 25.1. The maximum absolute atomic E-state index is 12.5. The summed E-state index contributed by atoms with van der Waals surface area (Å²) in [5, 5.41) is 2.04. The summed E-state index contributed by atoms with van der Waals surface area (Å²) in [6, 6.07) is 0. The lowest BCUT2D eigenvalue weighted by molar-refractivity contribution is 0.0171. The Balaban J connectivity index is 2.89. The van der Waals surface area contributed by atoms with E-state index in [1.54, 1.807) is 5.38 Å². The Bertz CT molecular complexity index is 243. The van der Waals surface area contributed by atoms with Gasteiger partial charge in [-0.2, -0.15) is 8.78 Å². The van der Waals surface area contributed by atoms with Crippen LogP contribution in [0.3, 0.4) is 0 Å². The topological polar surface area (TPSA) is 12.9 Å². The molecule has 1 rings (SSSR count). The van der Waals surface area contributed by atoms with Gasteiger partial charge in [0.2, 0.25) is 0 Å². The first kappa shape index (κ1) is 9.06. The fourth-order valence-corrected chi connectivity index (χ4v) is 1.83. The van der Waals surface area contributed by atoms with E-state index in [4.69, 9.17) is 0 Å². The number of alkyl halides is 3. The predicted molar refractivity (Wildman–Crippen MR) is 44.3 cm³/mol. The van der Waals surface area contributed by atoms with E-state index in [1.165, 1.54) is 0 Å². The van der Waals surface area contributed by atoms with Gasteiger partial charge in [0.1, 0.15) is 0 Å². The molecule has 1 heterocycles. The number of hydrogen-bond donors (Lipinski definition) is 0. The van der Waals surface area contributed by atoms with Crippen molar-refractivity contribution in [3.05, 3.63) is 16.1 Å². The molecule has 0 aliphatic carbocycles. The molecule has 5 heteroatoms.